The fourth-order valence-corrected chi connectivity index (χ4v) is 2.19. The Kier molecular flexibility index (Phi) is 3.45. The highest BCUT2D eigenvalue weighted by atomic mass is 35.5. The van der Waals surface area contributed by atoms with Gasteiger partial charge in [0.25, 0.3) is 0 Å². The summed E-state index contributed by atoms with van der Waals surface area (Å²) in [5, 5.41) is 19.0. The molecule has 1 aliphatic heterocycles. The summed E-state index contributed by atoms with van der Waals surface area (Å²) in [6, 6.07) is 2.84. The number of pyridine rings is 1. The number of carbonyl (C=O) groups is 1. The van der Waals surface area contributed by atoms with Crippen molar-refractivity contribution in [3.8, 4) is 0 Å². The van der Waals surface area contributed by atoms with Crippen LogP contribution in [-0.2, 0) is 0 Å². The quantitative estimate of drug-likeness (QED) is 0.802. The van der Waals surface area contributed by atoms with Gasteiger partial charge in [0.15, 0.2) is 0 Å². The Morgan fingerprint density at radius 1 is 1.44 bits per heavy atom. The van der Waals surface area contributed by atoms with Crippen LogP contribution in [0.3, 0.4) is 0 Å². The van der Waals surface area contributed by atoms with Gasteiger partial charge in [-0.1, -0.05) is 11.6 Å². The largest absolute Gasteiger partial charge is 0.478 e. The van der Waals surface area contributed by atoms with E-state index in [-0.39, 0.29) is 10.7 Å². The molecule has 0 saturated carbocycles. The summed E-state index contributed by atoms with van der Waals surface area (Å²) in [5.41, 5.74) is -0.521. The molecule has 0 aliphatic carbocycles. The van der Waals surface area contributed by atoms with Crippen LogP contribution < -0.4 is 4.90 Å². The second-order valence-corrected chi connectivity index (χ2v) is 5.21. The lowest BCUT2D eigenvalue weighted by molar-refractivity contribution is 0.0350. The van der Waals surface area contributed by atoms with Crippen molar-refractivity contribution in [3.63, 3.8) is 0 Å². The minimum absolute atomic E-state index is 0.127. The minimum Gasteiger partial charge on any atom is -0.478 e. The van der Waals surface area contributed by atoms with Gasteiger partial charge < -0.3 is 15.1 Å². The summed E-state index contributed by atoms with van der Waals surface area (Å²) in [6.45, 7) is 3.08. The van der Waals surface area contributed by atoms with Crippen LogP contribution in [0, 0.1) is 0 Å². The van der Waals surface area contributed by atoms with Crippen molar-refractivity contribution < 1.29 is 15.0 Å². The van der Waals surface area contributed by atoms with Crippen molar-refractivity contribution in [2.45, 2.75) is 25.4 Å². The van der Waals surface area contributed by atoms with Crippen LogP contribution in [-0.4, -0.2) is 39.9 Å². The Labute approximate surface area is 110 Å². The third kappa shape index (κ3) is 2.91. The third-order valence-electron chi connectivity index (χ3n) is 3.19. The van der Waals surface area contributed by atoms with E-state index in [9.17, 15) is 9.90 Å². The number of nitrogens with zero attached hydrogens (tertiary/aromatic N) is 2. The lowest BCUT2D eigenvalue weighted by atomic mass is 9.94. The van der Waals surface area contributed by atoms with E-state index in [1.54, 1.807) is 6.92 Å². The molecule has 2 N–H and O–H groups in total. The van der Waals surface area contributed by atoms with Crippen molar-refractivity contribution >= 4 is 23.4 Å². The van der Waals surface area contributed by atoms with Crippen molar-refractivity contribution in [1.29, 1.82) is 0 Å². The summed E-state index contributed by atoms with van der Waals surface area (Å²) < 4.78 is 0. The number of aromatic nitrogens is 1. The molecule has 18 heavy (non-hydrogen) atoms. The van der Waals surface area contributed by atoms with Gasteiger partial charge in [0.2, 0.25) is 0 Å². The van der Waals surface area contributed by atoms with Gasteiger partial charge in [0.1, 0.15) is 11.0 Å². The van der Waals surface area contributed by atoms with Gasteiger partial charge >= 0.3 is 5.97 Å². The maximum Gasteiger partial charge on any atom is 0.335 e. The molecule has 5 nitrogen and oxygen atoms in total. The molecule has 0 radical (unpaired) electrons. The number of aliphatic hydroxyl groups is 1. The second-order valence-electron chi connectivity index (χ2n) is 4.83. The minimum atomic E-state index is -1.02. The highest BCUT2D eigenvalue weighted by Crippen LogP contribution is 2.26. The van der Waals surface area contributed by atoms with Crippen LogP contribution in [0.25, 0.3) is 0 Å². The Balaban J connectivity index is 2.21. The monoisotopic (exact) mass is 270 g/mol. The van der Waals surface area contributed by atoms with Gasteiger partial charge in [-0.2, -0.15) is 0 Å². The van der Waals surface area contributed by atoms with Crippen LogP contribution >= 0.6 is 11.6 Å². The van der Waals surface area contributed by atoms with Crippen molar-refractivity contribution in [2.75, 3.05) is 18.0 Å². The number of carboxylic acid groups (broad SMARTS) is 1. The van der Waals surface area contributed by atoms with Gasteiger partial charge in [-0.25, -0.2) is 9.78 Å². The molecule has 1 saturated heterocycles. The first-order valence-corrected chi connectivity index (χ1v) is 6.13. The lowest BCUT2D eigenvalue weighted by Gasteiger charge is -2.36. The van der Waals surface area contributed by atoms with E-state index in [1.807, 2.05) is 4.90 Å². The van der Waals surface area contributed by atoms with Gasteiger partial charge in [0.05, 0.1) is 11.2 Å². The summed E-state index contributed by atoms with van der Waals surface area (Å²) in [6.07, 6.45) is 1.26. The fraction of sp³-hybridized carbons (Fsp3) is 0.500. The second kappa shape index (κ2) is 4.74. The Bertz CT molecular complexity index is 466. The smallest absolute Gasteiger partial charge is 0.335 e. The number of anilines is 1. The number of hydrogen-bond donors (Lipinski definition) is 2. The molecule has 1 aliphatic rings. The molecule has 0 aromatic carbocycles. The van der Waals surface area contributed by atoms with Crippen LogP contribution in [0.4, 0.5) is 5.82 Å². The standard InChI is InChI=1S/C12H15ClN2O3/c1-12(18)2-4-15(5-3-12)10-7-8(11(16)17)6-9(13)14-10/h6-7,18H,2-5H2,1H3,(H,16,17). The van der Waals surface area contributed by atoms with Crippen LogP contribution in [0.2, 0.25) is 5.15 Å². The predicted molar refractivity (Wildman–Crippen MR) is 68.3 cm³/mol. The highest BCUT2D eigenvalue weighted by Gasteiger charge is 2.28. The Morgan fingerprint density at radius 3 is 2.61 bits per heavy atom. The maximum atomic E-state index is 10.9. The lowest BCUT2D eigenvalue weighted by Crippen LogP contribution is -2.42. The molecule has 0 amide bonds. The van der Waals surface area contributed by atoms with Crippen LogP contribution in [0.5, 0.6) is 0 Å². The number of hydrogen-bond acceptors (Lipinski definition) is 4. The van der Waals surface area contributed by atoms with E-state index in [2.05, 4.69) is 4.98 Å². The highest BCUT2D eigenvalue weighted by molar-refractivity contribution is 6.29. The molecule has 98 valence electrons. The summed E-state index contributed by atoms with van der Waals surface area (Å²) in [4.78, 5) is 17.0. The van der Waals surface area contributed by atoms with Crippen molar-refractivity contribution in [3.05, 3.63) is 22.8 Å². The first kappa shape index (κ1) is 13.1. The van der Waals surface area contributed by atoms with E-state index in [0.29, 0.717) is 31.7 Å². The Hall–Kier alpha value is -1.33. The van der Waals surface area contributed by atoms with E-state index in [4.69, 9.17) is 16.7 Å². The number of carboxylic acids is 1. The zero-order valence-electron chi connectivity index (χ0n) is 10.1. The molecule has 1 fully saturated rings. The normalized spacial score (nSPS) is 18.7. The first-order chi connectivity index (χ1) is 8.37. The van der Waals surface area contributed by atoms with E-state index >= 15 is 0 Å². The third-order valence-corrected chi connectivity index (χ3v) is 3.39. The maximum absolute atomic E-state index is 10.9. The number of halogens is 1. The van der Waals surface area contributed by atoms with Gasteiger partial charge in [-0.05, 0) is 31.9 Å². The fourth-order valence-electron chi connectivity index (χ4n) is 1.99. The number of piperidine rings is 1. The SMILES string of the molecule is CC1(O)CCN(c2cc(C(=O)O)cc(Cl)n2)CC1. The zero-order chi connectivity index (χ0) is 13.3. The van der Waals surface area contributed by atoms with Crippen LogP contribution in [0.15, 0.2) is 12.1 Å². The summed E-state index contributed by atoms with van der Waals surface area (Å²) in [7, 11) is 0. The molecular formula is C12H15ClN2O3. The molecular weight excluding hydrogens is 256 g/mol. The molecule has 0 spiro atoms. The average Bonchev–Trinajstić information content (AvgIpc) is 2.28. The van der Waals surface area contributed by atoms with E-state index in [1.165, 1.54) is 12.1 Å². The summed E-state index contributed by atoms with van der Waals surface area (Å²) in [5.74, 6) is -0.472. The molecule has 1 aromatic rings. The molecule has 0 bridgehead atoms. The van der Waals surface area contributed by atoms with Crippen molar-refractivity contribution in [2.24, 2.45) is 0 Å². The van der Waals surface area contributed by atoms with Gasteiger partial charge in [-0.15, -0.1) is 0 Å². The van der Waals surface area contributed by atoms with Crippen LogP contribution in [0.1, 0.15) is 30.1 Å². The molecule has 0 atom stereocenters. The zero-order valence-corrected chi connectivity index (χ0v) is 10.8. The molecule has 6 heteroatoms. The predicted octanol–water partition coefficient (Wildman–Crippen LogP) is 1.78. The molecule has 1 aromatic heterocycles. The molecule has 0 unspecified atom stereocenters. The van der Waals surface area contributed by atoms with E-state index < -0.39 is 11.6 Å². The number of aromatic carboxylic acids is 1. The van der Waals surface area contributed by atoms with Gasteiger partial charge in [-0.3, -0.25) is 0 Å². The number of rotatable bonds is 2. The van der Waals surface area contributed by atoms with Gasteiger partial charge in [0, 0.05) is 13.1 Å². The van der Waals surface area contributed by atoms with Crippen molar-refractivity contribution in [1.82, 2.24) is 4.98 Å². The molecule has 2 heterocycles. The Morgan fingerprint density at radius 2 is 2.06 bits per heavy atom. The first-order valence-electron chi connectivity index (χ1n) is 5.76. The van der Waals surface area contributed by atoms with E-state index in [0.717, 1.165) is 0 Å². The average molecular weight is 271 g/mol. The topological polar surface area (TPSA) is 73.7 Å². The summed E-state index contributed by atoms with van der Waals surface area (Å²) >= 11 is 5.82. The molecule has 2 rings (SSSR count).